The fourth-order valence-corrected chi connectivity index (χ4v) is 3.58. The van der Waals surface area contributed by atoms with Crippen LogP contribution >= 0.6 is 0 Å². The summed E-state index contributed by atoms with van der Waals surface area (Å²) in [7, 11) is 3.30. The van der Waals surface area contributed by atoms with E-state index < -0.39 is 5.60 Å². The lowest BCUT2D eigenvalue weighted by molar-refractivity contribution is 0.107. The van der Waals surface area contributed by atoms with Gasteiger partial charge in [0, 0.05) is 13.2 Å². The number of ether oxygens (including phenoxy) is 1. The third-order valence-electron chi connectivity index (χ3n) is 5.09. The Morgan fingerprint density at radius 3 is 2.58 bits per heavy atom. The summed E-state index contributed by atoms with van der Waals surface area (Å²) in [5.41, 5.74) is 0.889. The number of methoxy groups -OCH3 is 1. The number of tetrazole rings is 1. The Balaban J connectivity index is 1.79. The topological polar surface area (TPSA) is 140 Å². The van der Waals surface area contributed by atoms with Gasteiger partial charge in [0.05, 0.1) is 18.2 Å². The first-order valence-electron chi connectivity index (χ1n) is 9.35. The van der Waals surface area contributed by atoms with Gasteiger partial charge >= 0.3 is 0 Å². The molecule has 5 rings (SSSR count). The minimum atomic E-state index is -1.66. The van der Waals surface area contributed by atoms with Crippen LogP contribution in [0.4, 0.5) is 0 Å². The molecular formula is C20H17N9O2. The molecule has 1 atom stereocenters. The van der Waals surface area contributed by atoms with Crippen LogP contribution < -0.4 is 4.74 Å². The monoisotopic (exact) mass is 415 g/mol. The van der Waals surface area contributed by atoms with Gasteiger partial charge < -0.3 is 14.4 Å². The number of aromatic nitrogens is 9. The average molecular weight is 415 g/mol. The Morgan fingerprint density at radius 1 is 1.06 bits per heavy atom. The molecule has 0 amide bonds. The SMILES string of the molecule is COc1nc2nc(C(O)(c3ccccc3)c3cccnn3)n(C)c2cc1-c1nnn[nH]1. The lowest BCUT2D eigenvalue weighted by Crippen LogP contribution is -2.33. The maximum absolute atomic E-state index is 12.0. The van der Waals surface area contributed by atoms with Gasteiger partial charge in [-0.3, -0.25) is 0 Å². The molecule has 1 unspecified atom stereocenters. The van der Waals surface area contributed by atoms with Crippen LogP contribution in [0.1, 0.15) is 17.1 Å². The molecule has 4 aromatic heterocycles. The van der Waals surface area contributed by atoms with Crippen molar-refractivity contribution < 1.29 is 9.84 Å². The van der Waals surface area contributed by atoms with Crippen LogP contribution in [-0.4, -0.2) is 57.6 Å². The van der Waals surface area contributed by atoms with Crippen LogP contribution in [0.5, 0.6) is 5.88 Å². The van der Waals surface area contributed by atoms with E-state index in [2.05, 4.69) is 40.8 Å². The van der Waals surface area contributed by atoms with Crippen molar-refractivity contribution in [1.82, 2.24) is 45.4 Å². The highest BCUT2D eigenvalue weighted by molar-refractivity contribution is 5.80. The van der Waals surface area contributed by atoms with Crippen LogP contribution in [0.15, 0.2) is 54.7 Å². The largest absolute Gasteiger partial charge is 0.480 e. The summed E-state index contributed by atoms with van der Waals surface area (Å²) in [6, 6.07) is 14.4. The molecule has 5 aromatic rings. The Kier molecular flexibility index (Phi) is 4.37. The molecule has 0 spiro atoms. The number of nitrogens with zero attached hydrogens (tertiary/aromatic N) is 8. The second-order valence-electron chi connectivity index (χ2n) is 6.82. The van der Waals surface area contributed by atoms with Gasteiger partial charge in [0.25, 0.3) is 0 Å². The van der Waals surface area contributed by atoms with Gasteiger partial charge in [-0.25, -0.2) is 10.1 Å². The molecule has 31 heavy (non-hydrogen) atoms. The van der Waals surface area contributed by atoms with Crippen LogP contribution in [0, 0.1) is 0 Å². The van der Waals surface area contributed by atoms with Gasteiger partial charge in [-0.2, -0.15) is 15.2 Å². The van der Waals surface area contributed by atoms with E-state index in [9.17, 15) is 5.11 Å². The number of aromatic amines is 1. The van der Waals surface area contributed by atoms with Crippen molar-refractivity contribution in [3.8, 4) is 17.3 Å². The summed E-state index contributed by atoms with van der Waals surface area (Å²) in [5, 5.41) is 34.0. The first-order chi connectivity index (χ1) is 15.1. The molecule has 11 nitrogen and oxygen atoms in total. The quantitative estimate of drug-likeness (QED) is 0.433. The third kappa shape index (κ3) is 2.90. The molecule has 0 radical (unpaired) electrons. The summed E-state index contributed by atoms with van der Waals surface area (Å²) in [6.45, 7) is 0. The summed E-state index contributed by atoms with van der Waals surface area (Å²) >= 11 is 0. The van der Waals surface area contributed by atoms with Crippen molar-refractivity contribution in [2.75, 3.05) is 7.11 Å². The number of H-pyrrole nitrogens is 1. The number of rotatable bonds is 5. The Labute approximate surface area is 175 Å². The van der Waals surface area contributed by atoms with Gasteiger partial charge in [-0.05, 0) is 34.2 Å². The smallest absolute Gasteiger partial charge is 0.226 e. The van der Waals surface area contributed by atoms with Crippen molar-refractivity contribution in [3.63, 3.8) is 0 Å². The molecule has 1 aromatic carbocycles. The predicted molar refractivity (Wildman–Crippen MR) is 109 cm³/mol. The fraction of sp³-hybridized carbons (Fsp3) is 0.150. The number of aryl methyl sites for hydroxylation is 1. The number of aliphatic hydroxyl groups is 1. The fourth-order valence-electron chi connectivity index (χ4n) is 3.58. The van der Waals surface area contributed by atoms with E-state index in [0.29, 0.717) is 45.5 Å². The van der Waals surface area contributed by atoms with Crippen LogP contribution in [-0.2, 0) is 12.6 Å². The van der Waals surface area contributed by atoms with Crippen LogP contribution in [0.25, 0.3) is 22.6 Å². The minimum Gasteiger partial charge on any atom is -0.480 e. The number of hydrogen-bond donors (Lipinski definition) is 2. The number of fused-ring (bicyclic) bond motifs is 1. The predicted octanol–water partition coefficient (Wildman–Crippen LogP) is 1.23. The van der Waals surface area contributed by atoms with Crippen molar-refractivity contribution in [2.24, 2.45) is 7.05 Å². The first kappa shape index (κ1) is 18.8. The molecular weight excluding hydrogens is 398 g/mol. The molecule has 154 valence electrons. The number of benzene rings is 1. The number of imidazole rings is 1. The zero-order valence-electron chi connectivity index (χ0n) is 16.6. The lowest BCUT2D eigenvalue weighted by atomic mass is 9.89. The highest BCUT2D eigenvalue weighted by Crippen LogP contribution is 2.37. The van der Waals surface area contributed by atoms with Crippen LogP contribution in [0.2, 0.25) is 0 Å². The Bertz CT molecular complexity index is 1300. The second kappa shape index (κ2) is 7.22. The molecule has 0 saturated heterocycles. The molecule has 11 heteroatoms. The molecule has 0 aliphatic heterocycles. The maximum atomic E-state index is 12.0. The lowest BCUT2D eigenvalue weighted by Gasteiger charge is -2.27. The van der Waals surface area contributed by atoms with E-state index in [1.54, 1.807) is 29.9 Å². The Morgan fingerprint density at radius 2 is 1.90 bits per heavy atom. The zero-order valence-corrected chi connectivity index (χ0v) is 16.6. The minimum absolute atomic E-state index is 0.304. The van der Waals surface area contributed by atoms with Crippen molar-refractivity contribution >= 4 is 11.2 Å². The summed E-state index contributed by atoms with van der Waals surface area (Å²) < 4.78 is 7.18. The summed E-state index contributed by atoms with van der Waals surface area (Å²) in [5.74, 6) is 1.04. The molecule has 2 N–H and O–H groups in total. The molecule has 0 fully saturated rings. The molecule has 0 saturated carbocycles. The Hall–Kier alpha value is -4.25. The van der Waals surface area contributed by atoms with E-state index in [1.165, 1.54) is 7.11 Å². The van der Waals surface area contributed by atoms with E-state index in [4.69, 9.17) is 4.74 Å². The zero-order chi connectivity index (χ0) is 21.4. The number of pyridine rings is 1. The van der Waals surface area contributed by atoms with E-state index in [0.717, 1.165) is 0 Å². The average Bonchev–Trinajstić information content (AvgIpc) is 3.47. The van der Waals surface area contributed by atoms with Crippen molar-refractivity contribution in [3.05, 3.63) is 71.8 Å². The van der Waals surface area contributed by atoms with Gasteiger partial charge in [0.2, 0.25) is 5.88 Å². The van der Waals surface area contributed by atoms with E-state index >= 15 is 0 Å². The van der Waals surface area contributed by atoms with Gasteiger partial charge in [-0.1, -0.05) is 30.3 Å². The van der Waals surface area contributed by atoms with Crippen molar-refractivity contribution in [2.45, 2.75) is 5.60 Å². The van der Waals surface area contributed by atoms with Crippen LogP contribution in [0.3, 0.4) is 0 Å². The molecule has 0 aliphatic rings. The second-order valence-corrected chi connectivity index (χ2v) is 6.82. The number of hydrogen-bond acceptors (Lipinski definition) is 9. The standard InChI is InChI=1S/C20H17N9O2/c1-29-14-11-13(16-25-27-28-26-16)18(31-2)22-17(14)23-19(29)20(30,12-7-4-3-5-8-12)15-9-6-10-21-24-15/h3-11,30H,1-2H3,(H,25,26,27,28). The normalized spacial score (nSPS) is 13.3. The van der Waals surface area contributed by atoms with E-state index in [1.807, 2.05) is 36.4 Å². The summed E-state index contributed by atoms with van der Waals surface area (Å²) in [4.78, 5) is 9.18. The highest BCUT2D eigenvalue weighted by atomic mass is 16.5. The highest BCUT2D eigenvalue weighted by Gasteiger charge is 2.40. The van der Waals surface area contributed by atoms with Crippen molar-refractivity contribution in [1.29, 1.82) is 0 Å². The molecule has 4 heterocycles. The van der Waals surface area contributed by atoms with Gasteiger partial charge in [0.15, 0.2) is 22.9 Å². The third-order valence-corrected chi connectivity index (χ3v) is 5.09. The first-order valence-corrected chi connectivity index (χ1v) is 9.35. The maximum Gasteiger partial charge on any atom is 0.226 e. The van der Waals surface area contributed by atoms with E-state index in [-0.39, 0.29) is 0 Å². The number of nitrogens with one attached hydrogen (secondary N) is 1. The van der Waals surface area contributed by atoms with Gasteiger partial charge in [-0.15, -0.1) is 5.10 Å². The molecule has 0 aliphatic carbocycles. The van der Waals surface area contributed by atoms with Gasteiger partial charge in [0.1, 0.15) is 5.69 Å². The summed E-state index contributed by atoms with van der Waals surface area (Å²) in [6.07, 6.45) is 1.55. The molecule has 0 bridgehead atoms.